The molecule has 0 aliphatic carbocycles. The number of fused-ring (bicyclic) bond motifs is 6. The van der Waals surface area contributed by atoms with Gasteiger partial charge in [0.05, 0.1) is 17.2 Å². The zero-order valence-electron chi connectivity index (χ0n) is 22.3. The van der Waals surface area contributed by atoms with E-state index in [-0.39, 0.29) is 0 Å². The molecule has 6 aromatic carbocycles. The molecule has 8 aromatic rings. The zero-order valence-corrected chi connectivity index (χ0v) is 23.1. The lowest BCUT2D eigenvalue weighted by Gasteiger charge is -2.15. The molecule has 0 radical (unpaired) electrons. The molecule has 0 fully saturated rings. The first-order chi connectivity index (χ1) is 20.7. The van der Waals surface area contributed by atoms with Gasteiger partial charge < -0.3 is 4.42 Å². The molecule has 0 N–H and O–H groups in total. The van der Waals surface area contributed by atoms with Crippen molar-refractivity contribution in [1.82, 2.24) is 0 Å². The van der Waals surface area contributed by atoms with Crippen molar-refractivity contribution in [3.8, 4) is 45.5 Å². The minimum atomic E-state index is 0.511. The fourth-order valence-corrected chi connectivity index (χ4v) is 7.18. The number of nitrogens with zero attached hydrogens (tertiary/aromatic N) is 2. The summed E-state index contributed by atoms with van der Waals surface area (Å²) >= 11 is 1.78. The maximum atomic E-state index is 10.6. The molecule has 0 saturated heterocycles. The van der Waals surface area contributed by atoms with Crippen LogP contribution in [-0.4, -0.2) is 0 Å². The van der Waals surface area contributed by atoms with Crippen LogP contribution in [0.4, 0.5) is 0 Å². The van der Waals surface area contributed by atoms with Gasteiger partial charge in [0.15, 0.2) is 0 Å². The maximum absolute atomic E-state index is 10.6. The Morgan fingerprint density at radius 3 is 2.05 bits per heavy atom. The summed E-state index contributed by atoms with van der Waals surface area (Å²) in [5, 5.41) is 25.1. The van der Waals surface area contributed by atoms with Crippen molar-refractivity contribution in [3.05, 3.63) is 132 Å². The fourth-order valence-electron chi connectivity index (χ4n) is 6.03. The van der Waals surface area contributed by atoms with E-state index >= 15 is 0 Å². The minimum Gasteiger partial charge on any atom is -0.455 e. The first-order valence-electron chi connectivity index (χ1n) is 13.6. The second-order valence-electron chi connectivity index (χ2n) is 10.3. The van der Waals surface area contributed by atoms with Crippen LogP contribution in [0.2, 0.25) is 0 Å². The Morgan fingerprint density at radius 2 is 1.19 bits per heavy atom. The Balaban J connectivity index is 1.45. The first-order valence-corrected chi connectivity index (χ1v) is 14.4. The highest BCUT2D eigenvalue weighted by atomic mass is 32.1. The molecule has 0 unspecified atom stereocenters. The van der Waals surface area contributed by atoms with E-state index in [4.69, 9.17) is 4.42 Å². The molecule has 2 heterocycles. The summed E-state index contributed by atoms with van der Waals surface area (Å²) in [7, 11) is 0. The minimum absolute atomic E-state index is 0.511. The number of rotatable bonds is 3. The average molecular weight is 553 g/mol. The number of para-hydroxylation sites is 2. The molecule has 2 aromatic heterocycles. The van der Waals surface area contributed by atoms with E-state index in [1.165, 1.54) is 20.2 Å². The molecule has 0 spiro atoms. The van der Waals surface area contributed by atoms with Gasteiger partial charge in [-0.15, -0.1) is 11.3 Å². The molecule has 0 saturated carbocycles. The Kier molecular flexibility index (Phi) is 5.44. The summed E-state index contributed by atoms with van der Waals surface area (Å²) < 4.78 is 8.87. The summed E-state index contributed by atoms with van der Waals surface area (Å²) in [4.78, 5) is 0. The van der Waals surface area contributed by atoms with Gasteiger partial charge in [0, 0.05) is 53.2 Å². The molecule has 3 nitrogen and oxygen atoms in total. The number of hydrogen-bond acceptors (Lipinski definition) is 4. The number of hydrogen-bond donors (Lipinski definition) is 0. The Morgan fingerprint density at radius 1 is 0.500 bits per heavy atom. The van der Waals surface area contributed by atoms with Crippen LogP contribution < -0.4 is 0 Å². The Bertz CT molecular complexity index is 2450. The van der Waals surface area contributed by atoms with Crippen LogP contribution in [0.15, 0.2) is 126 Å². The lowest BCUT2D eigenvalue weighted by atomic mass is 9.86. The van der Waals surface area contributed by atoms with Crippen molar-refractivity contribution < 1.29 is 4.42 Å². The van der Waals surface area contributed by atoms with Crippen LogP contribution in [0, 0.1) is 22.7 Å². The van der Waals surface area contributed by atoms with Gasteiger partial charge in [-0.3, -0.25) is 0 Å². The van der Waals surface area contributed by atoms with Gasteiger partial charge in [0.25, 0.3) is 0 Å². The smallest absolute Gasteiger partial charge is 0.143 e. The van der Waals surface area contributed by atoms with Gasteiger partial charge >= 0.3 is 0 Å². The third kappa shape index (κ3) is 3.64. The third-order valence-corrected chi connectivity index (χ3v) is 9.13. The summed E-state index contributed by atoms with van der Waals surface area (Å²) in [5.74, 6) is 0. The van der Waals surface area contributed by atoms with E-state index in [0.717, 1.165) is 55.3 Å². The van der Waals surface area contributed by atoms with E-state index in [0.29, 0.717) is 11.1 Å². The number of thiophene rings is 1. The fraction of sp³-hybridized carbons (Fsp3) is 0. The van der Waals surface area contributed by atoms with E-state index in [1.807, 2.05) is 54.6 Å². The van der Waals surface area contributed by atoms with Crippen molar-refractivity contribution in [1.29, 1.82) is 10.5 Å². The standard InChI is InChI=1S/C38H20N2OS/c39-21-24-8-1-2-9-26(24)32-18-25(23-16-17-29-28-11-4-6-15-36(28)42-37(29)20-23)19-33(34(32)22-40)31-13-7-12-30-27-10-3-5-14-35(27)41-38(30)31/h1-20H. The molecule has 0 aliphatic rings. The molecule has 194 valence electrons. The second kappa shape index (κ2) is 9.46. The van der Waals surface area contributed by atoms with Crippen molar-refractivity contribution in [2.75, 3.05) is 0 Å². The predicted octanol–water partition coefficient (Wildman–Crippen LogP) is 10.7. The molecule has 0 atom stereocenters. The van der Waals surface area contributed by atoms with Gasteiger partial charge in [0.2, 0.25) is 0 Å². The Labute approximate surface area is 245 Å². The largest absolute Gasteiger partial charge is 0.455 e. The summed E-state index contributed by atoms with van der Waals surface area (Å²) in [6, 6.07) is 45.5. The summed E-state index contributed by atoms with van der Waals surface area (Å²) in [6.07, 6.45) is 0. The Hall–Kier alpha value is -5.68. The summed E-state index contributed by atoms with van der Waals surface area (Å²) in [6.45, 7) is 0. The average Bonchev–Trinajstić information content (AvgIpc) is 3.62. The quantitative estimate of drug-likeness (QED) is 0.219. The molecule has 8 rings (SSSR count). The van der Waals surface area contributed by atoms with Crippen LogP contribution in [0.3, 0.4) is 0 Å². The lowest BCUT2D eigenvalue weighted by Crippen LogP contribution is -1.95. The highest BCUT2D eigenvalue weighted by molar-refractivity contribution is 7.25. The van der Waals surface area contributed by atoms with Crippen molar-refractivity contribution >= 4 is 53.4 Å². The highest BCUT2D eigenvalue weighted by Gasteiger charge is 2.21. The van der Waals surface area contributed by atoms with Crippen LogP contribution in [-0.2, 0) is 0 Å². The van der Waals surface area contributed by atoms with Gasteiger partial charge in [-0.1, -0.05) is 84.9 Å². The molecule has 4 heteroatoms. The van der Waals surface area contributed by atoms with Crippen molar-refractivity contribution in [2.45, 2.75) is 0 Å². The predicted molar refractivity (Wildman–Crippen MR) is 172 cm³/mol. The van der Waals surface area contributed by atoms with Crippen LogP contribution >= 0.6 is 11.3 Å². The normalized spacial score (nSPS) is 11.3. The SMILES string of the molecule is N#Cc1ccccc1-c1cc(-c2ccc3c(c2)sc2ccccc23)cc(-c2cccc3c2oc2ccccc23)c1C#N. The molecule has 42 heavy (non-hydrogen) atoms. The lowest BCUT2D eigenvalue weighted by molar-refractivity contribution is 0.670. The third-order valence-electron chi connectivity index (χ3n) is 7.99. The molecule has 0 bridgehead atoms. The second-order valence-corrected chi connectivity index (χ2v) is 11.4. The number of nitriles is 2. The highest BCUT2D eigenvalue weighted by Crippen LogP contribution is 2.43. The van der Waals surface area contributed by atoms with E-state index in [9.17, 15) is 10.5 Å². The van der Waals surface area contributed by atoms with Gasteiger partial charge in [-0.2, -0.15) is 10.5 Å². The van der Waals surface area contributed by atoms with Gasteiger partial charge in [0.1, 0.15) is 17.2 Å². The van der Waals surface area contributed by atoms with Crippen LogP contribution in [0.1, 0.15) is 11.1 Å². The van der Waals surface area contributed by atoms with Gasteiger partial charge in [-0.05, 0) is 47.5 Å². The molecular formula is C38H20N2OS. The number of furan rings is 1. The molecule has 0 aliphatic heterocycles. The molecule has 0 amide bonds. The van der Waals surface area contributed by atoms with Crippen molar-refractivity contribution in [2.24, 2.45) is 0 Å². The van der Waals surface area contributed by atoms with Gasteiger partial charge in [-0.25, -0.2) is 0 Å². The van der Waals surface area contributed by atoms with Crippen LogP contribution in [0.5, 0.6) is 0 Å². The van der Waals surface area contributed by atoms with E-state index in [1.54, 1.807) is 17.4 Å². The maximum Gasteiger partial charge on any atom is 0.143 e. The van der Waals surface area contributed by atoms with E-state index < -0.39 is 0 Å². The zero-order chi connectivity index (χ0) is 28.2. The topological polar surface area (TPSA) is 60.7 Å². The summed E-state index contributed by atoms with van der Waals surface area (Å²) in [5.41, 5.74) is 7.69. The van der Waals surface area contributed by atoms with Crippen LogP contribution in [0.25, 0.3) is 75.5 Å². The first kappa shape index (κ1) is 24.1. The van der Waals surface area contributed by atoms with Crippen molar-refractivity contribution in [3.63, 3.8) is 0 Å². The van der Waals surface area contributed by atoms with E-state index in [2.05, 4.69) is 72.8 Å². The number of benzene rings is 6. The monoisotopic (exact) mass is 552 g/mol. The molecular weight excluding hydrogens is 532 g/mol.